The van der Waals surface area contributed by atoms with Gasteiger partial charge in [0.1, 0.15) is 5.76 Å². The molecule has 3 N–H and O–H groups in total. The number of nitrogens with two attached hydrogens (primary N) is 1. The summed E-state index contributed by atoms with van der Waals surface area (Å²) in [6, 6.07) is 7.03. The Morgan fingerprint density at radius 2 is 2.33 bits per heavy atom. The molecule has 0 atom stereocenters. The van der Waals surface area contributed by atoms with Gasteiger partial charge in [-0.25, -0.2) is 0 Å². The highest BCUT2D eigenvalue weighted by Crippen LogP contribution is 2.04. The fraction of sp³-hybridized carbons (Fsp3) is 0.231. The van der Waals surface area contributed by atoms with E-state index in [-0.39, 0.29) is 5.91 Å². The fourth-order valence-electron chi connectivity index (χ4n) is 1.59. The fourth-order valence-corrected chi connectivity index (χ4v) is 1.59. The first-order chi connectivity index (χ1) is 8.79. The molecule has 2 aromatic heterocycles. The van der Waals surface area contributed by atoms with Crippen molar-refractivity contribution in [3.05, 3.63) is 53.7 Å². The summed E-state index contributed by atoms with van der Waals surface area (Å²) in [6.07, 6.45) is 3.86. The second-order valence-corrected chi connectivity index (χ2v) is 3.84. The Morgan fingerprint density at radius 1 is 1.44 bits per heavy atom. The Bertz CT molecular complexity index is 509. The van der Waals surface area contributed by atoms with Gasteiger partial charge in [-0.2, -0.15) is 0 Å². The number of nitrogens with zero attached hydrogens (tertiary/aromatic N) is 1. The lowest BCUT2D eigenvalue weighted by Crippen LogP contribution is -2.22. The van der Waals surface area contributed by atoms with E-state index in [4.69, 9.17) is 10.2 Å². The van der Waals surface area contributed by atoms with Gasteiger partial charge in [0.15, 0.2) is 0 Å². The van der Waals surface area contributed by atoms with E-state index in [9.17, 15) is 4.79 Å². The molecule has 0 aliphatic heterocycles. The zero-order valence-electron chi connectivity index (χ0n) is 9.93. The van der Waals surface area contributed by atoms with Crippen molar-refractivity contribution in [1.82, 2.24) is 10.3 Å². The maximum Gasteiger partial charge on any atom is 0.251 e. The van der Waals surface area contributed by atoms with Gasteiger partial charge in [-0.1, -0.05) is 0 Å². The van der Waals surface area contributed by atoms with E-state index in [1.807, 2.05) is 6.07 Å². The molecule has 5 heteroatoms. The largest absolute Gasteiger partial charge is 0.467 e. The van der Waals surface area contributed by atoms with Crippen LogP contribution in [0.15, 0.2) is 41.1 Å². The highest BCUT2D eigenvalue weighted by atomic mass is 16.3. The van der Waals surface area contributed by atoms with Gasteiger partial charge >= 0.3 is 0 Å². The van der Waals surface area contributed by atoms with Gasteiger partial charge in [0.2, 0.25) is 0 Å². The Morgan fingerprint density at radius 3 is 3.06 bits per heavy atom. The summed E-state index contributed by atoms with van der Waals surface area (Å²) in [5.74, 6) is 0.576. The number of carbonyl (C=O) groups excluding carboxylic acids is 1. The van der Waals surface area contributed by atoms with Crippen molar-refractivity contribution in [3.63, 3.8) is 0 Å². The minimum atomic E-state index is -0.146. The summed E-state index contributed by atoms with van der Waals surface area (Å²) in [5, 5.41) is 2.78. The Hall–Kier alpha value is -2.14. The lowest BCUT2D eigenvalue weighted by atomic mass is 10.2. The minimum Gasteiger partial charge on any atom is -0.467 e. The van der Waals surface area contributed by atoms with Crippen LogP contribution in [0.1, 0.15) is 21.8 Å². The van der Waals surface area contributed by atoms with Crippen molar-refractivity contribution in [1.29, 1.82) is 0 Å². The number of carbonyl (C=O) groups is 1. The summed E-state index contributed by atoms with van der Waals surface area (Å²) in [7, 11) is 0. The van der Waals surface area contributed by atoms with Gasteiger partial charge in [0.05, 0.1) is 12.8 Å². The van der Waals surface area contributed by atoms with E-state index < -0.39 is 0 Å². The van der Waals surface area contributed by atoms with E-state index in [2.05, 4.69) is 10.3 Å². The van der Waals surface area contributed by atoms with Crippen LogP contribution in [-0.4, -0.2) is 17.4 Å². The topological polar surface area (TPSA) is 81.2 Å². The maximum atomic E-state index is 11.9. The van der Waals surface area contributed by atoms with Gasteiger partial charge in [0.25, 0.3) is 5.91 Å². The van der Waals surface area contributed by atoms with Crippen LogP contribution in [-0.2, 0) is 13.0 Å². The molecule has 1 amide bonds. The summed E-state index contributed by atoms with van der Waals surface area (Å²) < 4.78 is 5.14. The molecular formula is C13H15N3O2. The van der Waals surface area contributed by atoms with Crippen molar-refractivity contribution in [2.45, 2.75) is 13.0 Å². The number of furan rings is 1. The molecule has 2 heterocycles. The molecule has 0 unspecified atom stereocenters. The molecule has 0 radical (unpaired) electrons. The lowest BCUT2D eigenvalue weighted by Gasteiger charge is -2.04. The van der Waals surface area contributed by atoms with E-state index in [0.29, 0.717) is 25.1 Å². The normalized spacial score (nSPS) is 10.3. The number of rotatable bonds is 5. The Labute approximate surface area is 105 Å². The third-order valence-corrected chi connectivity index (χ3v) is 2.48. The predicted molar refractivity (Wildman–Crippen MR) is 66.9 cm³/mol. The van der Waals surface area contributed by atoms with Gasteiger partial charge in [-0.15, -0.1) is 0 Å². The molecule has 0 saturated heterocycles. The summed E-state index contributed by atoms with van der Waals surface area (Å²) >= 11 is 0. The monoisotopic (exact) mass is 245 g/mol. The Kier molecular flexibility index (Phi) is 4.09. The van der Waals surface area contributed by atoms with Crippen LogP contribution < -0.4 is 11.1 Å². The molecule has 0 aliphatic carbocycles. The number of amides is 1. The lowest BCUT2D eigenvalue weighted by molar-refractivity contribution is 0.0948. The number of nitrogens with one attached hydrogen (secondary N) is 1. The van der Waals surface area contributed by atoms with Crippen molar-refractivity contribution < 1.29 is 9.21 Å². The molecular weight excluding hydrogens is 230 g/mol. The highest BCUT2D eigenvalue weighted by molar-refractivity contribution is 5.94. The van der Waals surface area contributed by atoms with Crippen LogP contribution >= 0.6 is 0 Å². The number of pyridine rings is 1. The van der Waals surface area contributed by atoms with Crippen LogP contribution in [0.2, 0.25) is 0 Å². The van der Waals surface area contributed by atoms with Crippen LogP contribution in [0.4, 0.5) is 0 Å². The third kappa shape index (κ3) is 3.18. The minimum absolute atomic E-state index is 0.146. The molecule has 0 fully saturated rings. The van der Waals surface area contributed by atoms with Gasteiger partial charge in [0, 0.05) is 23.9 Å². The Balaban J connectivity index is 1.97. The van der Waals surface area contributed by atoms with E-state index >= 15 is 0 Å². The second-order valence-electron chi connectivity index (χ2n) is 3.84. The van der Waals surface area contributed by atoms with E-state index in [1.54, 1.807) is 30.7 Å². The van der Waals surface area contributed by atoms with Crippen molar-refractivity contribution in [3.8, 4) is 0 Å². The molecule has 2 rings (SSSR count). The third-order valence-electron chi connectivity index (χ3n) is 2.48. The standard InChI is InChI=1S/C13H15N3O2/c14-5-3-11-8-10(4-6-15-11)13(17)16-9-12-2-1-7-18-12/h1-2,4,6-8H,3,5,9,14H2,(H,16,17). The number of aromatic nitrogens is 1. The van der Waals surface area contributed by atoms with Crippen LogP contribution in [0.25, 0.3) is 0 Å². The highest BCUT2D eigenvalue weighted by Gasteiger charge is 2.07. The molecule has 2 aromatic rings. The maximum absolute atomic E-state index is 11.9. The zero-order chi connectivity index (χ0) is 12.8. The molecule has 0 aliphatic rings. The van der Waals surface area contributed by atoms with Crippen molar-refractivity contribution >= 4 is 5.91 Å². The smallest absolute Gasteiger partial charge is 0.251 e. The first kappa shape index (κ1) is 12.3. The van der Waals surface area contributed by atoms with Gasteiger partial charge in [-0.3, -0.25) is 9.78 Å². The summed E-state index contributed by atoms with van der Waals surface area (Å²) in [4.78, 5) is 16.0. The quantitative estimate of drug-likeness (QED) is 0.826. The molecule has 18 heavy (non-hydrogen) atoms. The van der Waals surface area contributed by atoms with E-state index in [0.717, 1.165) is 11.5 Å². The average Bonchev–Trinajstić information content (AvgIpc) is 2.90. The molecule has 0 bridgehead atoms. The molecule has 94 valence electrons. The SMILES string of the molecule is NCCc1cc(C(=O)NCc2ccco2)ccn1. The predicted octanol–water partition coefficient (Wildman–Crippen LogP) is 1.11. The molecule has 0 saturated carbocycles. The van der Waals surface area contributed by atoms with Crippen molar-refractivity contribution in [2.75, 3.05) is 6.54 Å². The zero-order valence-corrected chi connectivity index (χ0v) is 9.93. The first-order valence-electron chi connectivity index (χ1n) is 5.75. The molecule has 0 spiro atoms. The van der Waals surface area contributed by atoms with Gasteiger partial charge < -0.3 is 15.5 Å². The molecule has 0 aromatic carbocycles. The van der Waals surface area contributed by atoms with Crippen LogP contribution in [0.3, 0.4) is 0 Å². The van der Waals surface area contributed by atoms with Crippen LogP contribution in [0.5, 0.6) is 0 Å². The number of hydrogen-bond acceptors (Lipinski definition) is 4. The van der Waals surface area contributed by atoms with E-state index in [1.165, 1.54) is 0 Å². The van der Waals surface area contributed by atoms with Crippen molar-refractivity contribution in [2.24, 2.45) is 5.73 Å². The second kappa shape index (κ2) is 5.97. The summed E-state index contributed by atoms with van der Waals surface area (Å²) in [6.45, 7) is 0.894. The van der Waals surface area contributed by atoms with Crippen LogP contribution in [0, 0.1) is 0 Å². The summed E-state index contributed by atoms with van der Waals surface area (Å²) in [5.41, 5.74) is 6.86. The first-order valence-corrected chi connectivity index (χ1v) is 5.75. The average molecular weight is 245 g/mol. The molecule has 5 nitrogen and oxygen atoms in total. The number of hydrogen-bond donors (Lipinski definition) is 2. The van der Waals surface area contributed by atoms with Gasteiger partial charge in [-0.05, 0) is 30.8 Å².